The molecule has 2 N–H and O–H groups in total. The van der Waals surface area contributed by atoms with Crippen molar-refractivity contribution in [2.24, 2.45) is 0 Å². The van der Waals surface area contributed by atoms with Crippen molar-refractivity contribution in [1.29, 1.82) is 0 Å². The van der Waals surface area contributed by atoms with E-state index in [2.05, 4.69) is 10.6 Å². The van der Waals surface area contributed by atoms with Crippen LogP contribution in [0.3, 0.4) is 0 Å². The van der Waals surface area contributed by atoms with Crippen LogP contribution in [0.25, 0.3) is 0 Å². The van der Waals surface area contributed by atoms with Gasteiger partial charge in [-0.05, 0) is 55.0 Å². The Morgan fingerprint density at radius 1 is 1.22 bits per heavy atom. The minimum absolute atomic E-state index is 0.0957. The Kier molecular flexibility index (Phi) is 6.75. The number of halogens is 1. The van der Waals surface area contributed by atoms with Crippen molar-refractivity contribution < 1.29 is 13.2 Å². The molecule has 6 nitrogen and oxygen atoms in total. The first-order valence-electron chi connectivity index (χ1n) is 8.82. The van der Waals surface area contributed by atoms with E-state index in [0.29, 0.717) is 34.4 Å². The maximum Gasteiger partial charge on any atom is 0.319 e. The molecule has 1 fully saturated rings. The first-order chi connectivity index (χ1) is 13.0. The average Bonchev–Trinajstić information content (AvgIpc) is 3.20. The molecule has 2 aromatic rings. The van der Waals surface area contributed by atoms with Crippen molar-refractivity contribution in [2.45, 2.75) is 35.9 Å². The number of anilines is 1. The lowest BCUT2D eigenvalue weighted by molar-refractivity contribution is 0.234. The van der Waals surface area contributed by atoms with Crippen molar-refractivity contribution in [3.05, 3.63) is 46.8 Å². The molecule has 27 heavy (non-hydrogen) atoms. The highest BCUT2D eigenvalue weighted by molar-refractivity contribution is 7.91. The van der Waals surface area contributed by atoms with E-state index in [1.54, 1.807) is 46.1 Å². The number of rotatable bonds is 6. The van der Waals surface area contributed by atoms with Crippen LogP contribution in [0.1, 0.15) is 25.7 Å². The molecule has 0 bridgehead atoms. The molecule has 0 saturated carbocycles. The molecule has 0 radical (unpaired) electrons. The molecule has 0 spiro atoms. The van der Waals surface area contributed by atoms with E-state index in [4.69, 9.17) is 11.6 Å². The number of nitrogens with one attached hydrogen (secondary N) is 2. The molecule has 1 atom stereocenters. The molecule has 1 aromatic carbocycles. The molecule has 2 amide bonds. The molecule has 2 heterocycles. The van der Waals surface area contributed by atoms with Gasteiger partial charge in [0, 0.05) is 29.8 Å². The van der Waals surface area contributed by atoms with Crippen LogP contribution < -0.4 is 10.6 Å². The predicted molar refractivity (Wildman–Crippen MR) is 109 cm³/mol. The first kappa shape index (κ1) is 20.1. The lowest BCUT2D eigenvalue weighted by atomic mass is 10.0. The largest absolute Gasteiger partial charge is 0.338 e. The van der Waals surface area contributed by atoms with Crippen molar-refractivity contribution >= 4 is 44.7 Å². The summed E-state index contributed by atoms with van der Waals surface area (Å²) in [6.45, 7) is 0.933. The molecule has 146 valence electrons. The normalized spacial score (nSPS) is 18.2. The van der Waals surface area contributed by atoms with Gasteiger partial charge in [0.1, 0.15) is 4.21 Å². The molecule has 1 aliphatic rings. The molecular weight excluding hydrogens is 406 g/mol. The van der Waals surface area contributed by atoms with Crippen molar-refractivity contribution in [3.8, 4) is 0 Å². The van der Waals surface area contributed by atoms with Gasteiger partial charge in [-0.25, -0.2) is 13.2 Å². The standard InChI is InChI=1S/C18H22ClN3O3S2/c19-14-6-8-15(9-7-14)21-18(23)20-11-10-16-4-1-2-12-22(16)27(24,25)17-5-3-13-26-17/h3,5-9,13,16H,1-2,4,10-12H2,(H2,20,21,23)/t16-/m0/s1. The summed E-state index contributed by atoms with van der Waals surface area (Å²) in [5, 5.41) is 7.90. The number of hydrogen-bond acceptors (Lipinski definition) is 4. The Labute approximate surface area is 168 Å². The summed E-state index contributed by atoms with van der Waals surface area (Å²) >= 11 is 7.06. The van der Waals surface area contributed by atoms with Crippen molar-refractivity contribution in [3.63, 3.8) is 0 Å². The summed E-state index contributed by atoms with van der Waals surface area (Å²) in [6.07, 6.45) is 3.26. The van der Waals surface area contributed by atoms with Gasteiger partial charge in [-0.15, -0.1) is 11.3 Å². The maximum absolute atomic E-state index is 12.9. The van der Waals surface area contributed by atoms with Crippen molar-refractivity contribution in [1.82, 2.24) is 9.62 Å². The van der Waals surface area contributed by atoms with Crippen LogP contribution in [0.15, 0.2) is 46.0 Å². The number of carbonyl (C=O) groups excluding carboxylic acids is 1. The second-order valence-corrected chi connectivity index (χ2v) is 9.88. The fourth-order valence-electron chi connectivity index (χ4n) is 3.17. The summed E-state index contributed by atoms with van der Waals surface area (Å²) in [4.78, 5) is 12.0. The summed E-state index contributed by atoms with van der Waals surface area (Å²) < 4.78 is 27.7. The van der Waals surface area contributed by atoms with Gasteiger partial charge in [0.2, 0.25) is 0 Å². The number of sulfonamides is 1. The Bertz CT molecular complexity index is 854. The summed E-state index contributed by atoms with van der Waals surface area (Å²) in [5.74, 6) is 0. The van der Waals surface area contributed by atoms with Crippen LogP contribution in [0.5, 0.6) is 0 Å². The van der Waals surface area contributed by atoms with E-state index in [-0.39, 0.29) is 12.1 Å². The number of piperidine rings is 1. The quantitative estimate of drug-likeness (QED) is 0.726. The Morgan fingerprint density at radius 3 is 2.70 bits per heavy atom. The average molecular weight is 428 g/mol. The Morgan fingerprint density at radius 2 is 2.00 bits per heavy atom. The molecule has 0 aliphatic carbocycles. The zero-order valence-corrected chi connectivity index (χ0v) is 17.1. The topological polar surface area (TPSA) is 78.5 Å². The van der Waals surface area contributed by atoms with E-state index in [1.165, 1.54) is 11.3 Å². The summed E-state index contributed by atoms with van der Waals surface area (Å²) in [5.41, 5.74) is 0.650. The molecule has 3 rings (SSSR count). The highest BCUT2D eigenvalue weighted by atomic mass is 35.5. The van der Waals surface area contributed by atoms with Crippen LogP contribution >= 0.6 is 22.9 Å². The minimum atomic E-state index is -3.46. The van der Waals surface area contributed by atoms with E-state index >= 15 is 0 Å². The number of hydrogen-bond donors (Lipinski definition) is 2. The van der Waals surface area contributed by atoms with Gasteiger partial charge >= 0.3 is 6.03 Å². The van der Waals surface area contributed by atoms with Crippen molar-refractivity contribution in [2.75, 3.05) is 18.4 Å². The van der Waals surface area contributed by atoms with Crippen LogP contribution in [-0.2, 0) is 10.0 Å². The fourth-order valence-corrected chi connectivity index (χ4v) is 6.13. The Hall–Kier alpha value is -1.61. The van der Waals surface area contributed by atoms with Crippen LogP contribution in [0.4, 0.5) is 10.5 Å². The van der Waals surface area contributed by atoms with Gasteiger partial charge in [-0.3, -0.25) is 0 Å². The van der Waals surface area contributed by atoms with Gasteiger partial charge in [-0.1, -0.05) is 24.1 Å². The number of urea groups is 1. The van der Waals surface area contributed by atoms with E-state index in [0.717, 1.165) is 19.3 Å². The summed E-state index contributed by atoms with van der Waals surface area (Å²) in [6, 6.07) is 9.82. The minimum Gasteiger partial charge on any atom is -0.338 e. The monoisotopic (exact) mass is 427 g/mol. The van der Waals surface area contributed by atoms with E-state index in [9.17, 15) is 13.2 Å². The Balaban J connectivity index is 1.54. The third kappa shape index (κ3) is 5.22. The third-order valence-electron chi connectivity index (χ3n) is 4.50. The van der Waals surface area contributed by atoms with E-state index < -0.39 is 10.0 Å². The van der Waals surface area contributed by atoms with Crippen LogP contribution in [-0.4, -0.2) is 37.9 Å². The smallest absolute Gasteiger partial charge is 0.319 e. The zero-order valence-electron chi connectivity index (χ0n) is 14.7. The highest BCUT2D eigenvalue weighted by Crippen LogP contribution is 2.29. The number of carbonyl (C=O) groups is 1. The van der Waals surface area contributed by atoms with Gasteiger partial charge in [0.05, 0.1) is 0 Å². The second kappa shape index (κ2) is 9.05. The molecule has 1 aliphatic heterocycles. The number of amides is 2. The van der Waals surface area contributed by atoms with Gasteiger partial charge < -0.3 is 10.6 Å². The van der Waals surface area contributed by atoms with Crippen LogP contribution in [0, 0.1) is 0 Å². The second-order valence-electron chi connectivity index (χ2n) is 6.37. The van der Waals surface area contributed by atoms with Gasteiger partial charge in [0.15, 0.2) is 0 Å². The van der Waals surface area contributed by atoms with Gasteiger partial charge in [-0.2, -0.15) is 4.31 Å². The zero-order chi connectivity index (χ0) is 19.3. The molecule has 9 heteroatoms. The fraction of sp³-hybridized carbons (Fsp3) is 0.389. The lowest BCUT2D eigenvalue weighted by Crippen LogP contribution is -2.45. The molecule has 1 aromatic heterocycles. The maximum atomic E-state index is 12.9. The molecule has 0 unspecified atom stereocenters. The summed E-state index contributed by atoms with van der Waals surface area (Å²) in [7, 11) is -3.46. The number of nitrogens with zero attached hydrogens (tertiary/aromatic N) is 1. The lowest BCUT2D eigenvalue weighted by Gasteiger charge is -2.34. The number of thiophene rings is 1. The number of benzene rings is 1. The highest BCUT2D eigenvalue weighted by Gasteiger charge is 2.33. The van der Waals surface area contributed by atoms with Gasteiger partial charge in [0.25, 0.3) is 10.0 Å². The molecule has 1 saturated heterocycles. The third-order valence-corrected chi connectivity index (χ3v) is 8.07. The van der Waals surface area contributed by atoms with E-state index in [1.807, 2.05) is 0 Å². The first-order valence-corrected chi connectivity index (χ1v) is 11.5. The van der Waals surface area contributed by atoms with Crippen LogP contribution in [0.2, 0.25) is 5.02 Å². The SMILES string of the molecule is O=C(NCC[C@@H]1CCCCN1S(=O)(=O)c1cccs1)Nc1ccc(Cl)cc1. The predicted octanol–water partition coefficient (Wildman–Crippen LogP) is 4.16. The molecular formula is C18H22ClN3O3S2.